The second kappa shape index (κ2) is 6.87. The summed E-state index contributed by atoms with van der Waals surface area (Å²) in [7, 11) is 0. The molecule has 0 aliphatic rings. The van der Waals surface area contributed by atoms with Gasteiger partial charge in [-0.05, 0) is 18.5 Å². The fourth-order valence-corrected chi connectivity index (χ4v) is 1.26. The van der Waals surface area contributed by atoms with Gasteiger partial charge in [-0.2, -0.15) is 0 Å². The van der Waals surface area contributed by atoms with Crippen molar-refractivity contribution in [2.45, 2.75) is 12.3 Å². The third kappa shape index (κ3) is 3.75. The number of hydrogen-bond acceptors (Lipinski definition) is 1. The zero-order chi connectivity index (χ0) is 8.81. The molecule has 0 radical (unpaired) electrons. The lowest BCUT2D eigenvalue weighted by molar-refractivity contribution is 0.418. The lowest BCUT2D eigenvalue weighted by Crippen LogP contribution is -2.08. The quantitative estimate of drug-likeness (QED) is 0.800. The molecule has 1 aromatic rings. The molecule has 1 unspecified atom stereocenters. The van der Waals surface area contributed by atoms with Gasteiger partial charge in [-0.15, -0.1) is 12.4 Å². The normalized spacial score (nSPS) is 11.8. The fraction of sp³-hybridized carbons (Fsp3) is 0.400. The summed E-state index contributed by atoms with van der Waals surface area (Å²) >= 11 is 0. The van der Waals surface area contributed by atoms with Gasteiger partial charge in [-0.25, -0.2) is 0 Å². The SMILES string of the molecule is Cl.NCCC(CF)c1ccccc1. The molecule has 0 fully saturated rings. The van der Waals surface area contributed by atoms with Gasteiger partial charge in [0.2, 0.25) is 0 Å². The second-order valence-electron chi connectivity index (χ2n) is 2.84. The Morgan fingerprint density at radius 3 is 2.31 bits per heavy atom. The second-order valence-corrected chi connectivity index (χ2v) is 2.84. The zero-order valence-electron chi connectivity index (χ0n) is 7.45. The molecule has 1 aromatic carbocycles. The largest absolute Gasteiger partial charge is 0.330 e. The van der Waals surface area contributed by atoms with Crippen molar-refractivity contribution in [3.8, 4) is 0 Å². The Hall–Kier alpha value is -0.600. The number of hydrogen-bond donors (Lipinski definition) is 1. The van der Waals surface area contributed by atoms with Gasteiger partial charge in [0.25, 0.3) is 0 Å². The van der Waals surface area contributed by atoms with Crippen LogP contribution in [-0.2, 0) is 0 Å². The number of alkyl halides is 1. The predicted octanol–water partition coefficient (Wildman–Crippen LogP) is 2.51. The molecular formula is C10H15ClFN. The maximum absolute atomic E-state index is 12.5. The summed E-state index contributed by atoms with van der Waals surface area (Å²) in [5, 5.41) is 0. The minimum atomic E-state index is -0.318. The van der Waals surface area contributed by atoms with Crippen LogP contribution < -0.4 is 5.73 Å². The van der Waals surface area contributed by atoms with Crippen LogP contribution in [0, 0.1) is 0 Å². The van der Waals surface area contributed by atoms with E-state index in [0.717, 1.165) is 12.0 Å². The van der Waals surface area contributed by atoms with Crippen molar-refractivity contribution in [1.29, 1.82) is 0 Å². The lowest BCUT2D eigenvalue weighted by atomic mass is 9.97. The Morgan fingerprint density at radius 2 is 1.85 bits per heavy atom. The Balaban J connectivity index is 0.00000144. The number of benzene rings is 1. The van der Waals surface area contributed by atoms with Crippen molar-refractivity contribution in [3.05, 3.63) is 35.9 Å². The maximum atomic E-state index is 12.5. The first-order valence-corrected chi connectivity index (χ1v) is 4.19. The van der Waals surface area contributed by atoms with Gasteiger partial charge in [-0.1, -0.05) is 30.3 Å². The highest BCUT2D eigenvalue weighted by Crippen LogP contribution is 2.18. The van der Waals surface area contributed by atoms with Gasteiger partial charge in [0.15, 0.2) is 0 Å². The molecule has 13 heavy (non-hydrogen) atoms. The highest BCUT2D eigenvalue weighted by atomic mass is 35.5. The molecule has 0 aromatic heterocycles. The molecule has 1 nitrogen and oxygen atoms in total. The van der Waals surface area contributed by atoms with Crippen LogP contribution in [0.1, 0.15) is 17.9 Å². The van der Waals surface area contributed by atoms with E-state index in [1.54, 1.807) is 0 Å². The first kappa shape index (κ1) is 12.4. The summed E-state index contributed by atoms with van der Waals surface area (Å²) in [6, 6.07) is 9.67. The fourth-order valence-electron chi connectivity index (χ4n) is 1.26. The van der Waals surface area contributed by atoms with Gasteiger partial charge in [0.1, 0.15) is 0 Å². The molecule has 0 bridgehead atoms. The van der Waals surface area contributed by atoms with E-state index in [1.165, 1.54) is 0 Å². The highest BCUT2D eigenvalue weighted by molar-refractivity contribution is 5.85. The summed E-state index contributed by atoms with van der Waals surface area (Å²) in [4.78, 5) is 0. The summed E-state index contributed by atoms with van der Waals surface area (Å²) in [5.41, 5.74) is 6.42. The zero-order valence-corrected chi connectivity index (χ0v) is 8.27. The van der Waals surface area contributed by atoms with E-state index in [4.69, 9.17) is 5.73 Å². The van der Waals surface area contributed by atoms with Gasteiger partial charge in [0, 0.05) is 5.92 Å². The van der Waals surface area contributed by atoms with Crippen molar-refractivity contribution in [2.24, 2.45) is 5.73 Å². The molecule has 0 amide bonds. The van der Waals surface area contributed by atoms with Gasteiger partial charge >= 0.3 is 0 Å². The average Bonchev–Trinajstić information content (AvgIpc) is 2.15. The van der Waals surface area contributed by atoms with Crippen molar-refractivity contribution in [3.63, 3.8) is 0 Å². The molecule has 2 N–H and O–H groups in total. The Kier molecular flexibility index (Phi) is 6.55. The number of rotatable bonds is 4. The standard InChI is InChI=1S/C10H14FN.ClH/c11-8-10(6-7-12)9-4-2-1-3-5-9;/h1-5,10H,6-8,12H2;1H. The molecule has 0 aliphatic carbocycles. The minimum absolute atomic E-state index is 0. The van der Waals surface area contributed by atoms with E-state index in [-0.39, 0.29) is 25.0 Å². The molecule has 1 atom stereocenters. The van der Waals surface area contributed by atoms with Crippen LogP contribution in [0.15, 0.2) is 30.3 Å². The summed E-state index contributed by atoms with van der Waals surface area (Å²) < 4.78 is 12.5. The minimum Gasteiger partial charge on any atom is -0.330 e. The molecule has 1 rings (SSSR count). The van der Waals surface area contributed by atoms with Crippen molar-refractivity contribution in [2.75, 3.05) is 13.2 Å². The summed E-state index contributed by atoms with van der Waals surface area (Å²) in [5.74, 6) is -0.0174. The molecule has 74 valence electrons. The summed E-state index contributed by atoms with van der Waals surface area (Å²) in [6.07, 6.45) is 0.723. The molecule has 0 spiro atoms. The molecule has 0 aliphatic heterocycles. The van der Waals surface area contributed by atoms with E-state index in [9.17, 15) is 4.39 Å². The number of halogens is 2. The van der Waals surface area contributed by atoms with Crippen LogP contribution in [0.5, 0.6) is 0 Å². The van der Waals surface area contributed by atoms with Crippen molar-refractivity contribution < 1.29 is 4.39 Å². The van der Waals surface area contributed by atoms with E-state index in [2.05, 4.69) is 0 Å². The first-order chi connectivity index (χ1) is 5.88. The molecule has 0 heterocycles. The van der Waals surface area contributed by atoms with Gasteiger partial charge < -0.3 is 5.73 Å². The molecule has 0 saturated carbocycles. The third-order valence-corrected chi connectivity index (χ3v) is 1.97. The van der Waals surface area contributed by atoms with Crippen molar-refractivity contribution in [1.82, 2.24) is 0 Å². The third-order valence-electron chi connectivity index (χ3n) is 1.97. The van der Waals surface area contributed by atoms with Crippen LogP contribution in [0.4, 0.5) is 4.39 Å². The van der Waals surface area contributed by atoms with E-state index in [1.807, 2.05) is 30.3 Å². The predicted molar refractivity (Wildman–Crippen MR) is 56.1 cm³/mol. The average molecular weight is 204 g/mol. The number of nitrogens with two attached hydrogens (primary N) is 1. The van der Waals surface area contributed by atoms with Crippen LogP contribution >= 0.6 is 12.4 Å². The lowest BCUT2D eigenvalue weighted by Gasteiger charge is -2.11. The summed E-state index contributed by atoms with van der Waals surface area (Å²) in [6.45, 7) is 0.227. The van der Waals surface area contributed by atoms with Crippen LogP contribution in [0.3, 0.4) is 0 Å². The molecule has 0 saturated heterocycles. The highest BCUT2D eigenvalue weighted by Gasteiger charge is 2.08. The van der Waals surface area contributed by atoms with Crippen LogP contribution in [-0.4, -0.2) is 13.2 Å². The molecular weight excluding hydrogens is 189 g/mol. The van der Waals surface area contributed by atoms with E-state index >= 15 is 0 Å². The smallest absolute Gasteiger partial charge is 0.0963 e. The van der Waals surface area contributed by atoms with Crippen LogP contribution in [0.25, 0.3) is 0 Å². The monoisotopic (exact) mass is 203 g/mol. The molecule has 3 heteroatoms. The van der Waals surface area contributed by atoms with Crippen LogP contribution in [0.2, 0.25) is 0 Å². The van der Waals surface area contributed by atoms with Gasteiger partial charge in [0.05, 0.1) is 6.67 Å². The van der Waals surface area contributed by atoms with Crippen molar-refractivity contribution >= 4 is 12.4 Å². The Labute approximate surface area is 84.5 Å². The maximum Gasteiger partial charge on any atom is 0.0963 e. The van der Waals surface area contributed by atoms with E-state index < -0.39 is 0 Å². The Morgan fingerprint density at radius 1 is 1.23 bits per heavy atom. The Bertz CT molecular complexity index is 215. The van der Waals surface area contributed by atoms with E-state index in [0.29, 0.717) is 6.54 Å². The first-order valence-electron chi connectivity index (χ1n) is 4.19. The topological polar surface area (TPSA) is 26.0 Å². The van der Waals surface area contributed by atoms with Gasteiger partial charge in [-0.3, -0.25) is 4.39 Å².